The topological polar surface area (TPSA) is 122 Å². The van der Waals surface area contributed by atoms with Gasteiger partial charge in [0.1, 0.15) is 0 Å². The van der Waals surface area contributed by atoms with Crippen LogP contribution in [-0.2, 0) is 14.3 Å². The number of carbonyl (C=O) groups excluding carboxylic acids is 3. The van der Waals surface area contributed by atoms with Gasteiger partial charge in [-0.3, -0.25) is 24.4 Å². The molecule has 2 amide bonds. The molecule has 9 nitrogen and oxygen atoms in total. The first-order valence-electron chi connectivity index (χ1n) is 10.7. The van der Waals surface area contributed by atoms with E-state index in [1.54, 1.807) is 61.4 Å². The molecule has 0 bridgehead atoms. The standard InChI is InChI=1S/C23H27N5O4S/c1-2-32-21(30)13-19(17-7-4-9-24-14-17)28-20(29)15-26-22(31)16-6-3-8-18(12-16)27-23-25-10-5-11-33-23/h3-4,6-9,12,14,19H,2,5,10-11,13,15H2,1H3,(H,25,27)(H,26,31)(H,28,29). The van der Waals surface area contributed by atoms with E-state index in [-0.39, 0.29) is 25.5 Å². The van der Waals surface area contributed by atoms with Crippen LogP contribution in [0.15, 0.2) is 53.8 Å². The Morgan fingerprint density at radius 2 is 2.09 bits per heavy atom. The number of rotatable bonds is 9. The van der Waals surface area contributed by atoms with E-state index in [1.165, 1.54) is 0 Å². The number of hydrogen-bond donors (Lipinski definition) is 3. The summed E-state index contributed by atoms with van der Waals surface area (Å²) in [5, 5.41) is 9.44. The van der Waals surface area contributed by atoms with Crippen LogP contribution in [0, 0.1) is 0 Å². The maximum Gasteiger partial charge on any atom is 0.308 e. The molecule has 0 radical (unpaired) electrons. The van der Waals surface area contributed by atoms with Gasteiger partial charge in [-0.25, -0.2) is 0 Å². The number of pyridine rings is 1. The van der Waals surface area contributed by atoms with Gasteiger partial charge in [0.15, 0.2) is 5.17 Å². The van der Waals surface area contributed by atoms with Gasteiger partial charge in [-0.05, 0) is 43.2 Å². The van der Waals surface area contributed by atoms with Gasteiger partial charge in [0.05, 0.1) is 25.6 Å². The summed E-state index contributed by atoms with van der Waals surface area (Å²) in [6, 6.07) is 9.89. The highest BCUT2D eigenvalue weighted by molar-refractivity contribution is 8.14. The van der Waals surface area contributed by atoms with Crippen molar-refractivity contribution in [2.45, 2.75) is 25.8 Å². The molecule has 33 heavy (non-hydrogen) atoms. The van der Waals surface area contributed by atoms with Crippen molar-refractivity contribution in [2.24, 2.45) is 4.99 Å². The summed E-state index contributed by atoms with van der Waals surface area (Å²) in [7, 11) is 0. The maximum atomic E-state index is 12.6. The maximum absolute atomic E-state index is 12.6. The van der Waals surface area contributed by atoms with Crippen molar-refractivity contribution in [1.82, 2.24) is 15.6 Å². The molecule has 3 N–H and O–H groups in total. The summed E-state index contributed by atoms with van der Waals surface area (Å²) in [6.45, 7) is 2.53. The van der Waals surface area contributed by atoms with Crippen LogP contribution in [0.5, 0.6) is 0 Å². The highest BCUT2D eigenvalue weighted by Crippen LogP contribution is 2.18. The van der Waals surface area contributed by atoms with E-state index >= 15 is 0 Å². The van der Waals surface area contributed by atoms with Crippen molar-refractivity contribution in [3.63, 3.8) is 0 Å². The predicted molar refractivity (Wildman–Crippen MR) is 128 cm³/mol. The first kappa shape index (κ1) is 24.2. The van der Waals surface area contributed by atoms with Gasteiger partial charge in [-0.15, -0.1) is 0 Å². The number of thioether (sulfide) groups is 1. The Hall–Kier alpha value is -3.40. The van der Waals surface area contributed by atoms with Crippen LogP contribution in [0.25, 0.3) is 0 Å². The van der Waals surface area contributed by atoms with Crippen LogP contribution in [0.3, 0.4) is 0 Å². The Bertz CT molecular complexity index is 999. The van der Waals surface area contributed by atoms with E-state index < -0.39 is 17.9 Å². The lowest BCUT2D eigenvalue weighted by atomic mass is 10.1. The van der Waals surface area contributed by atoms with Crippen LogP contribution in [0.2, 0.25) is 0 Å². The third kappa shape index (κ3) is 7.90. The molecule has 0 spiro atoms. The summed E-state index contributed by atoms with van der Waals surface area (Å²) in [4.78, 5) is 45.5. The van der Waals surface area contributed by atoms with E-state index in [2.05, 4.69) is 25.9 Å². The summed E-state index contributed by atoms with van der Waals surface area (Å²) in [5.41, 5.74) is 1.85. The molecule has 0 saturated heterocycles. The average molecular weight is 470 g/mol. The number of amides is 2. The third-order valence-corrected chi connectivity index (χ3v) is 5.68. The van der Waals surface area contributed by atoms with Crippen molar-refractivity contribution in [2.75, 3.05) is 30.8 Å². The minimum atomic E-state index is -0.608. The highest BCUT2D eigenvalue weighted by Gasteiger charge is 2.20. The second-order valence-corrected chi connectivity index (χ2v) is 8.28. The van der Waals surface area contributed by atoms with E-state index in [0.29, 0.717) is 11.1 Å². The van der Waals surface area contributed by atoms with E-state index in [4.69, 9.17) is 4.74 Å². The quantitative estimate of drug-likeness (QED) is 0.483. The van der Waals surface area contributed by atoms with Gasteiger partial charge in [0.2, 0.25) is 5.91 Å². The fourth-order valence-corrected chi connectivity index (χ4v) is 3.97. The molecule has 1 aliphatic rings. The molecule has 174 valence electrons. The Labute approximate surface area is 196 Å². The SMILES string of the molecule is CCOC(=O)CC(NC(=O)CNC(=O)c1cccc(NC2=NCCCS2)c1)c1cccnc1. The summed E-state index contributed by atoms with van der Waals surface area (Å²) >= 11 is 1.65. The third-order valence-electron chi connectivity index (χ3n) is 4.68. The average Bonchev–Trinajstić information content (AvgIpc) is 2.83. The van der Waals surface area contributed by atoms with E-state index in [1.807, 2.05) is 6.07 Å². The number of nitrogens with zero attached hydrogens (tertiary/aromatic N) is 2. The minimum absolute atomic E-state index is 0.0329. The summed E-state index contributed by atoms with van der Waals surface area (Å²) < 4.78 is 5.00. The molecular formula is C23H27N5O4S. The van der Waals surface area contributed by atoms with Gasteiger partial charge in [0.25, 0.3) is 5.91 Å². The molecule has 0 aliphatic carbocycles. The minimum Gasteiger partial charge on any atom is -0.466 e. The Balaban J connectivity index is 1.56. The lowest BCUT2D eigenvalue weighted by Gasteiger charge is -2.18. The molecule has 2 heterocycles. The molecule has 0 fully saturated rings. The summed E-state index contributed by atoms with van der Waals surface area (Å²) in [6.07, 6.45) is 4.21. The Morgan fingerprint density at radius 1 is 1.21 bits per heavy atom. The lowest BCUT2D eigenvalue weighted by Crippen LogP contribution is -2.39. The van der Waals surface area contributed by atoms with E-state index in [9.17, 15) is 14.4 Å². The Kier molecular flexibility index (Phi) is 9.25. The largest absolute Gasteiger partial charge is 0.466 e. The van der Waals surface area contributed by atoms with Gasteiger partial charge < -0.3 is 20.7 Å². The molecule has 1 unspecified atom stereocenters. The highest BCUT2D eigenvalue weighted by atomic mass is 32.2. The number of aromatic nitrogens is 1. The molecule has 0 saturated carbocycles. The number of amidine groups is 1. The zero-order valence-corrected chi connectivity index (χ0v) is 19.2. The zero-order valence-electron chi connectivity index (χ0n) is 18.4. The summed E-state index contributed by atoms with van der Waals surface area (Å²) in [5.74, 6) is -0.225. The second-order valence-electron chi connectivity index (χ2n) is 7.19. The number of carbonyl (C=O) groups is 3. The number of benzene rings is 1. The van der Waals surface area contributed by atoms with Crippen LogP contribution in [0.1, 0.15) is 41.7 Å². The molecule has 10 heteroatoms. The molecule has 1 aromatic heterocycles. The number of esters is 1. The molecule has 1 aromatic carbocycles. The normalized spacial score (nSPS) is 13.9. The van der Waals surface area contributed by atoms with Crippen molar-refractivity contribution in [3.8, 4) is 0 Å². The van der Waals surface area contributed by atoms with Crippen LogP contribution < -0.4 is 16.0 Å². The number of aliphatic imine (C=N–C) groups is 1. The van der Waals surface area contributed by atoms with Crippen molar-refractivity contribution >= 4 is 40.4 Å². The fraction of sp³-hybridized carbons (Fsp3) is 0.348. The molecule has 3 rings (SSSR count). The van der Waals surface area contributed by atoms with E-state index in [0.717, 1.165) is 29.6 Å². The van der Waals surface area contributed by atoms with Crippen LogP contribution in [-0.4, -0.2) is 53.4 Å². The first-order valence-corrected chi connectivity index (χ1v) is 11.7. The Morgan fingerprint density at radius 3 is 2.82 bits per heavy atom. The first-order chi connectivity index (χ1) is 16.0. The molecule has 1 aliphatic heterocycles. The van der Waals surface area contributed by atoms with Crippen LogP contribution >= 0.6 is 11.8 Å². The number of ether oxygens (including phenoxy) is 1. The fourth-order valence-electron chi connectivity index (χ4n) is 3.13. The molecule has 1 atom stereocenters. The van der Waals surface area contributed by atoms with Gasteiger partial charge in [0, 0.05) is 35.9 Å². The van der Waals surface area contributed by atoms with Gasteiger partial charge in [-0.2, -0.15) is 0 Å². The van der Waals surface area contributed by atoms with Crippen molar-refractivity contribution in [3.05, 3.63) is 59.9 Å². The monoisotopic (exact) mass is 469 g/mol. The molecule has 2 aromatic rings. The van der Waals surface area contributed by atoms with Crippen molar-refractivity contribution < 1.29 is 19.1 Å². The lowest BCUT2D eigenvalue weighted by molar-refractivity contribution is -0.143. The second kappa shape index (κ2) is 12.6. The number of anilines is 1. The zero-order chi connectivity index (χ0) is 23.5. The van der Waals surface area contributed by atoms with Crippen LogP contribution in [0.4, 0.5) is 5.69 Å². The number of hydrogen-bond acceptors (Lipinski definition) is 8. The van der Waals surface area contributed by atoms with Crippen molar-refractivity contribution in [1.29, 1.82) is 0 Å². The molecular weight excluding hydrogens is 442 g/mol. The van der Waals surface area contributed by atoms with Gasteiger partial charge in [-0.1, -0.05) is 23.9 Å². The predicted octanol–water partition coefficient (Wildman–Crippen LogP) is 2.53. The number of nitrogens with one attached hydrogen (secondary N) is 3. The smallest absolute Gasteiger partial charge is 0.308 e. The van der Waals surface area contributed by atoms with Gasteiger partial charge >= 0.3 is 5.97 Å².